The number of amides is 1. The minimum Gasteiger partial charge on any atom is -0.271 e. The van der Waals surface area contributed by atoms with Crippen molar-refractivity contribution in [2.24, 2.45) is 26.9 Å². The monoisotopic (exact) mass is 356 g/mol. The SMILES string of the molecule is C[C@H](CC1=NC(=O)C2C=NN(c3ccccc3Cl)C2=N1)C(F)(F)F. The Kier molecular flexibility index (Phi) is 4.16. The first-order chi connectivity index (χ1) is 11.3. The Morgan fingerprint density at radius 3 is 2.67 bits per heavy atom. The molecular formula is C15H12ClF3N4O. The van der Waals surface area contributed by atoms with E-state index in [2.05, 4.69) is 15.1 Å². The van der Waals surface area contributed by atoms with E-state index in [4.69, 9.17) is 11.6 Å². The number of aliphatic imine (C=N–C) groups is 2. The van der Waals surface area contributed by atoms with Crippen molar-refractivity contribution >= 4 is 41.1 Å². The number of anilines is 1. The van der Waals surface area contributed by atoms with Crippen LogP contribution in [-0.2, 0) is 4.79 Å². The van der Waals surface area contributed by atoms with E-state index in [9.17, 15) is 18.0 Å². The van der Waals surface area contributed by atoms with Crippen molar-refractivity contribution in [2.75, 3.05) is 5.01 Å². The topological polar surface area (TPSA) is 57.4 Å². The summed E-state index contributed by atoms with van der Waals surface area (Å²) in [5, 5.41) is 5.85. The summed E-state index contributed by atoms with van der Waals surface area (Å²) in [6.07, 6.45) is -3.49. The van der Waals surface area contributed by atoms with Crippen LogP contribution in [0, 0.1) is 11.8 Å². The summed E-state index contributed by atoms with van der Waals surface area (Å²) in [6.45, 7) is 1.02. The molecule has 2 aliphatic heterocycles. The fourth-order valence-electron chi connectivity index (χ4n) is 2.33. The standard InChI is InChI=1S/C15H12ClF3N4O/c1-8(15(17,18)19)6-12-21-13-9(14(24)22-12)7-20-23(13)11-5-3-2-4-10(11)16/h2-5,7-9H,6H2,1H3/t8-,9?/m1/s1. The first kappa shape index (κ1) is 16.6. The third-order valence-corrected chi connectivity index (χ3v) is 4.02. The van der Waals surface area contributed by atoms with Gasteiger partial charge in [-0.25, -0.2) is 10.0 Å². The molecule has 0 aromatic heterocycles. The molecule has 1 aromatic rings. The molecule has 0 saturated carbocycles. The predicted octanol–water partition coefficient (Wildman–Crippen LogP) is 3.69. The van der Waals surface area contributed by atoms with E-state index in [1.54, 1.807) is 24.3 Å². The van der Waals surface area contributed by atoms with Crippen molar-refractivity contribution < 1.29 is 18.0 Å². The molecule has 0 aliphatic carbocycles. The van der Waals surface area contributed by atoms with Crippen molar-refractivity contribution in [3.05, 3.63) is 29.3 Å². The number of para-hydroxylation sites is 1. The average molecular weight is 357 g/mol. The van der Waals surface area contributed by atoms with E-state index in [1.165, 1.54) is 11.2 Å². The van der Waals surface area contributed by atoms with Crippen LogP contribution in [0.5, 0.6) is 0 Å². The molecule has 0 radical (unpaired) electrons. The summed E-state index contributed by atoms with van der Waals surface area (Å²) in [4.78, 5) is 19.9. The molecule has 9 heteroatoms. The van der Waals surface area contributed by atoms with Crippen LogP contribution >= 0.6 is 11.6 Å². The number of carbonyl (C=O) groups excluding carboxylic acids is 1. The summed E-state index contributed by atoms with van der Waals surface area (Å²) in [6, 6.07) is 6.79. The molecule has 2 heterocycles. The van der Waals surface area contributed by atoms with Crippen LogP contribution in [0.1, 0.15) is 13.3 Å². The van der Waals surface area contributed by atoms with Gasteiger partial charge in [-0.1, -0.05) is 30.7 Å². The Labute approximate surface area is 140 Å². The molecule has 0 N–H and O–H groups in total. The Morgan fingerprint density at radius 2 is 2.00 bits per heavy atom. The highest BCUT2D eigenvalue weighted by Crippen LogP contribution is 2.33. The van der Waals surface area contributed by atoms with Crippen LogP contribution in [0.25, 0.3) is 0 Å². The molecular weight excluding hydrogens is 345 g/mol. The molecule has 0 saturated heterocycles. The third kappa shape index (κ3) is 3.06. The zero-order valence-corrected chi connectivity index (χ0v) is 13.2. The first-order valence-corrected chi connectivity index (χ1v) is 7.50. The van der Waals surface area contributed by atoms with E-state index >= 15 is 0 Å². The number of rotatable bonds is 3. The number of halogens is 4. The number of carbonyl (C=O) groups is 1. The number of amidine groups is 2. The molecule has 126 valence electrons. The van der Waals surface area contributed by atoms with Gasteiger partial charge in [0.25, 0.3) is 5.91 Å². The van der Waals surface area contributed by atoms with Crippen LogP contribution < -0.4 is 5.01 Å². The van der Waals surface area contributed by atoms with Gasteiger partial charge < -0.3 is 0 Å². The molecule has 0 bridgehead atoms. The zero-order chi connectivity index (χ0) is 17.5. The van der Waals surface area contributed by atoms with Crippen LogP contribution in [0.4, 0.5) is 18.9 Å². The van der Waals surface area contributed by atoms with Gasteiger partial charge in [0.1, 0.15) is 11.8 Å². The van der Waals surface area contributed by atoms with Gasteiger partial charge in [0.2, 0.25) is 0 Å². The lowest BCUT2D eigenvalue weighted by Crippen LogP contribution is -2.35. The summed E-state index contributed by atoms with van der Waals surface area (Å²) >= 11 is 6.12. The van der Waals surface area contributed by atoms with Gasteiger partial charge >= 0.3 is 6.18 Å². The number of hydrazone groups is 1. The normalized spacial score (nSPS) is 21.5. The Bertz CT molecular complexity index is 772. The third-order valence-electron chi connectivity index (χ3n) is 3.70. The maximum Gasteiger partial charge on any atom is 0.391 e. The highest BCUT2D eigenvalue weighted by atomic mass is 35.5. The van der Waals surface area contributed by atoms with E-state index in [0.717, 1.165) is 6.92 Å². The quantitative estimate of drug-likeness (QED) is 0.829. The highest BCUT2D eigenvalue weighted by Gasteiger charge is 2.40. The van der Waals surface area contributed by atoms with E-state index in [0.29, 0.717) is 10.7 Å². The second kappa shape index (κ2) is 6.01. The van der Waals surface area contributed by atoms with Crippen molar-refractivity contribution in [1.82, 2.24) is 0 Å². The van der Waals surface area contributed by atoms with Crippen LogP contribution in [0.2, 0.25) is 5.02 Å². The van der Waals surface area contributed by atoms with Crippen molar-refractivity contribution in [1.29, 1.82) is 0 Å². The molecule has 1 unspecified atom stereocenters. The maximum atomic E-state index is 12.7. The molecule has 2 atom stereocenters. The molecule has 2 aliphatic rings. The molecule has 24 heavy (non-hydrogen) atoms. The van der Waals surface area contributed by atoms with Crippen molar-refractivity contribution in [2.45, 2.75) is 19.5 Å². The summed E-state index contributed by atoms with van der Waals surface area (Å²) < 4.78 is 38.2. The van der Waals surface area contributed by atoms with E-state index < -0.39 is 30.3 Å². The fourth-order valence-corrected chi connectivity index (χ4v) is 2.54. The van der Waals surface area contributed by atoms with Gasteiger partial charge in [0.05, 0.1) is 16.6 Å². The average Bonchev–Trinajstić information content (AvgIpc) is 2.91. The largest absolute Gasteiger partial charge is 0.391 e. The number of benzene rings is 1. The summed E-state index contributed by atoms with van der Waals surface area (Å²) in [7, 11) is 0. The number of fused-ring (bicyclic) bond motifs is 1. The molecule has 0 spiro atoms. The van der Waals surface area contributed by atoms with Gasteiger partial charge in [0.15, 0.2) is 5.84 Å². The van der Waals surface area contributed by atoms with Gasteiger partial charge in [0, 0.05) is 12.6 Å². The Morgan fingerprint density at radius 1 is 1.29 bits per heavy atom. The molecule has 3 rings (SSSR count). The predicted molar refractivity (Wildman–Crippen MR) is 85.6 cm³/mol. The van der Waals surface area contributed by atoms with E-state index in [-0.39, 0.29) is 11.7 Å². The second-order valence-electron chi connectivity index (χ2n) is 5.49. The van der Waals surface area contributed by atoms with E-state index in [1.807, 2.05) is 0 Å². The molecule has 5 nitrogen and oxygen atoms in total. The second-order valence-corrected chi connectivity index (χ2v) is 5.90. The Balaban J connectivity index is 1.91. The van der Waals surface area contributed by atoms with Gasteiger partial charge in [-0.3, -0.25) is 4.79 Å². The minimum atomic E-state index is -4.38. The highest BCUT2D eigenvalue weighted by molar-refractivity contribution is 6.35. The maximum absolute atomic E-state index is 12.7. The van der Waals surface area contributed by atoms with Gasteiger partial charge in [-0.05, 0) is 12.1 Å². The van der Waals surface area contributed by atoms with Gasteiger partial charge in [-0.15, -0.1) is 0 Å². The molecule has 1 aromatic carbocycles. The lowest BCUT2D eigenvalue weighted by atomic mass is 10.0. The molecule has 1 amide bonds. The van der Waals surface area contributed by atoms with Gasteiger partial charge in [-0.2, -0.15) is 23.3 Å². The van der Waals surface area contributed by atoms with Crippen molar-refractivity contribution in [3.8, 4) is 0 Å². The number of hydrogen-bond donors (Lipinski definition) is 0. The first-order valence-electron chi connectivity index (χ1n) is 7.13. The zero-order valence-electron chi connectivity index (χ0n) is 12.5. The Hall–Kier alpha value is -2.22. The summed E-state index contributed by atoms with van der Waals surface area (Å²) in [5.41, 5.74) is 0.495. The van der Waals surface area contributed by atoms with Crippen LogP contribution in [0.3, 0.4) is 0 Å². The fraction of sp³-hybridized carbons (Fsp3) is 0.333. The number of nitrogens with zero attached hydrogens (tertiary/aromatic N) is 4. The van der Waals surface area contributed by atoms with Crippen LogP contribution in [-0.4, -0.2) is 30.0 Å². The smallest absolute Gasteiger partial charge is 0.271 e. The number of hydrogen-bond acceptors (Lipinski definition) is 4. The molecule has 0 fully saturated rings. The number of alkyl halides is 3. The minimum absolute atomic E-state index is 0.154. The lowest BCUT2D eigenvalue weighted by Gasteiger charge is -2.22. The lowest BCUT2D eigenvalue weighted by molar-refractivity contribution is -0.167. The summed E-state index contributed by atoms with van der Waals surface area (Å²) in [5.74, 6) is -2.97. The van der Waals surface area contributed by atoms with Crippen LogP contribution in [0.15, 0.2) is 39.4 Å². The van der Waals surface area contributed by atoms with Crippen molar-refractivity contribution in [3.63, 3.8) is 0 Å².